The number of halogens is 2. The number of carbonyl (C=O) groups excluding carboxylic acids is 1. The Morgan fingerprint density at radius 3 is 2.67 bits per heavy atom. The fourth-order valence-corrected chi connectivity index (χ4v) is 6.10. The largest absolute Gasteiger partial charge is 0.485 e. The number of hydrogen-bond acceptors (Lipinski definition) is 7. The van der Waals surface area contributed by atoms with Crippen LogP contribution in [0.5, 0.6) is 11.5 Å². The van der Waals surface area contributed by atoms with Gasteiger partial charge in [-0.05, 0) is 55.8 Å². The molecule has 0 unspecified atom stereocenters. The molecule has 2 fully saturated rings. The number of anilines is 1. The van der Waals surface area contributed by atoms with Gasteiger partial charge in [0.2, 0.25) is 0 Å². The summed E-state index contributed by atoms with van der Waals surface area (Å²) in [6.45, 7) is 7.30. The monoisotopic (exact) mass is 590 g/mol. The van der Waals surface area contributed by atoms with Crippen LogP contribution in [0.4, 0.5) is 10.1 Å². The third kappa shape index (κ3) is 5.21. The van der Waals surface area contributed by atoms with Gasteiger partial charge in [0.05, 0.1) is 35.9 Å². The highest BCUT2D eigenvalue weighted by Gasteiger charge is 2.30. The van der Waals surface area contributed by atoms with E-state index in [0.717, 1.165) is 68.3 Å². The molecule has 218 valence electrons. The molecular weight excluding hydrogens is 559 g/mol. The topological polar surface area (TPSA) is 69.1 Å². The standard InChI is InChI=1S/C32H32ClFN4O4/c1-20(39)21-5-8-26-28(15-21)38(17-23-9-14-40-23)31(35-26)18-36-10-12-37(13-11-36)27-3-2-4-29-32(27)42-30(19-41-29)24-7-6-22(33)16-25(24)34/h2-8,15-16,23,30H,9-14,17-19H2,1H3/t23-,30-/m0/s1. The van der Waals surface area contributed by atoms with Crippen molar-refractivity contribution < 1.29 is 23.4 Å². The first-order chi connectivity index (χ1) is 20.4. The average molecular weight is 591 g/mol. The van der Waals surface area contributed by atoms with Gasteiger partial charge in [0.1, 0.15) is 18.2 Å². The molecule has 0 saturated carbocycles. The molecule has 1 aromatic heterocycles. The number of nitrogens with zero attached hydrogens (tertiary/aromatic N) is 4. The Kier molecular flexibility index (Phi) is 7.25. The van der Waals surface area contributed by atoms with E-state index in [1.54, 1.807) is 19.1 Å². The molecule has 0 bridgehead atoms. The number of carbonyl (C=O) groups is 1. The molecule has 7 rings (SSSR count). The maximum absolute atomic E-state index is 14.7. The lowest BCUT2D eigenvalue weighted by molar-refractivity contribution is -0.0592. The lowest BCUT2D eigenvalue weighted by Gasteiger charge is -2.38. The van der Waals surface area contributed by atoms with Crippen LogP contribution in [0.1, 0.15) is 41.2 Å². The van der Waals surface area contributed by atoms with E-state index in [4.69, 9.17) is 30.8 Å². The fraction of sp³-hybridized carbons (Fsp3) is 0.375. The molecule has 2 atom stereocenters. The predicted molar refractivity (Wildman–Crippen MR) is 158 cm³/mol. The second kappa shape index (κ2) is 11.2. The Labute approximate surface area is 248 Å². The second-order valence-electron chi connectivity index (χ2n) is 11.1. The Hall–Kier alpha value is -3.66. The quantitative estimate of drug-likeness (QED) is 0.258. The van der Waals surface area contributed by atoms with E-state index in [0.29, 0.717) is 34.2 Å². The van der Waals surface area contributed by atoms with Gasteiger partial charge in [0.15, 0.2) is 23.4 Å². The van der Waals surface area contributed by atoms with E-state index in [2.05, 4.69) is 14.4 Å². The summed E-state index contributed by atoms with van der Waals surface area (Å²) in [5.74, 6) is 1.93. The number of ketones is 1. The van der Waals surface area contributed by atoms with Crippen LogP contribution < -0.4 is 14.4 Å². The predicted octanol–water partition coefficient (Wildman–Crippen LogP) is 5.66. The number of benzene rings is 3. The van der Waals surface area contributed by atoms with Crippen molar-refractivity contribution >= 4 is 34.1 Å². The van der Waals surface area contributed by atoms with Crippen molar-refractivity contribution in [1.29, 1.82) is 0 Å². The number of Topliss-reactive ketones (excluding diaryl/α,β-unsaturated/α-hetero) is 1. The molecule has 42 heavy (non-hydrogen) atoms. The van der Waals surface area contributed by atoms with Crippen molar-refractivity contribution in [3.8, 4) is 11.5 Å². The Balaban J connectivity index is 1.07. The summed E-state index contributed by atoms with van der Waals surface area (Å²) in [5, 5.41) is 0.347. The average Bonchev–Trinajstić information content (AvgIpc) is 3.30. The highest BCUT2D eigenvalue weighted by atomic mass is 35.5. The summed E-state index contributed by atoms with van der Waals surface area (Å²) < 4.78 is 35.0. The zero-order valence-corrected chi connectivity index (χ0v) is 24.1. The second-order valence-corrected chi connectivity index (χ2v) is 11.6. The molecule has 3 aromatic carbocycles. The van der Waals surface area contributed by atoms with Crippen LogP contribution in [0.3, 0.4) is 0 Å². The van der Waals surface area contributed by atoms with Gasteiger partial charge in [-0.1, -0.05) is 23.7 Å². The molecule has 0 N–H and O–H groups in total. The molecular formula is C32H32ClFN4O4. The number of aromatic nitrogens is 2. The molecule has 2 saturated heterocycles. The molecule has 4 heterocycles. The number of imidazole rings is 1. The van der Waals surface area contributed by atoms with Crippen LogP contribution in [0.15, 0.2) is 54.6 Å². The van der Waals surface area contributed by atoms with Crippen LogP contribution in [0.2, 0.25) is 5.02 Å². The van der Waals surface area contributed by atoms with Gasteiger partial charge in [0.25, 0.3) is 0 Å². The van der Waals surface area contributed by atoms with Crippen molar-refractivity contribution in [1.82, 2.24) is 14.5 Å². The molecule has 0 amide bonds. The Morgan fingerprint density at radius 1 is 1.10 bits per heavy atom. The summed E-state index contributed by atoms with van der Waals surface area (Å²) in [4.78, 5) is 21.7. The summed E-state index contributed by atoms with van der Waals surface area (Å²) in [7, 11) is 0. The number of para-hydroxylation sites is 1. The Bertz CT molecular complexity index is 1650. The van der Waals surface area contributed by atoms with Gasteiger partial charge in [-0.15, -0.1) is 0 Å². The normalized spacial score (nSPS) is 20.5. The smallest absolute Gasteiger partial charge is 0.185 e. The van der Waals surface area contributed by atoms with Crippen molar-refractivity contribution in [3.05, 3.63) is 82.4 Å². The molecule has 8 nitrogen and oxygen atoms in total. The number of rotatable bonds is 7. The molecule has 3 aliphatic heterocycles. The zero-order valence-electron chi connectivity index (χ0n) is 23.4. The van der Waals surface area contributed by atoms with E-state index in [1.165, 1.54) is 6.07 Å². The molecule has 10 heteroatoms. The maximum Gasteiger partial charge on any atom is 0.185 e. The van der Waals surface area contributed by atoms with Gasteiger partial charge in [-0.25, -0.2) is 9.37 Å². The van der Waals surface area contributed by atoms with Crippen molar-refractivity contribution in [3.63, 3.8) is 0 Å². The summed E-state index contributed by atoms with van der Waals surface area (Å²) in [6, 6.07) is 16.3. The van der Waals surface area contributed by atoms with Crippen molar-refractivity contribution in [2.24, 2.45) is 0 Å². The van der Waals surface area contributed by atoms with Gasteiger partial charge < -0.3 is 23.7 Å². The fourth-order valence-electron chi connectivity index (χ4n) is 5.94. The minimum atomic E-state index is -0.562. The maximum atomic E-state index is 14.7. The van der Waals surface area contributed by atoms with Crippen molar-refractivity contribution in [2.45, 2.75) is 38.6 Å². The van der Waals surface area contributed by atoms with Crippen LogP contribution in [-0.4, -0.2) is 65.7 Å². The van der Waals surface area contributed by atoms with Gasteiger partial charge >= 0.3 is 0 Å². The van der Waals surface area contributed by atoms with Crippen LogP contribution in [0.25, 0.3) is 11.0 Å². The van der Waals surface area contributed by atoms with E-state index < -0.39 is 11.9 Å². The van der Waals surface area contributed by atoms with Crippen LogP contribution >= 0.6 is 11.6 Å². The highest BCUT2D eigenvalue weighted by Crippen LogP contribution is 2.44. The minimum Gasteiger partial charge on any atom is -0.485 e. The summed E-state index contributed by atoms with van der Waals surface area (Å²) in [5.41, 5.74) is 3.93. The number of fused-ring (bicyclic) bond motifs is 2. The van der Waals surface area contributed by atoms with E-state index in [-0.39, 0.29) is 18.5 Å². The van der Waals surface area contributed by atoms with Crippen LogP contribution in [0, 0.1) is 5.82 Å². The summed E-state index contributed by atoms with van der Waals surface area (Å²) >= 11 is 5.96. The first-order valence-electron chi connectivity index (χ1n) is 14.4. The lowest BCUT2D eigenvalue weighted by Crippen LogP contribution is -2.46. The first-order valence-corrected chi connectivity index (χ1v) is 14.8. The molecule has 0 aliphatic carbocycles. The molecule has 0 radical (unpaired) electrons. The molecule has 3 aliphatic rings. The van der Waals surface area contributed by atoms with E-state index in [1.807, 2.05) is 36.4 Å². The van der Waals surface area contributed by atoms with E-state index >= 15 is 0 Å². The Morgan fingerprint density at radius 2 is 1.93 bits per heavy atom. The highest BCUT2D eigenvalue weighted by molar-refractivity contribution is 6.30. The van der Waals surface area contributed by atoms with Crippen molar-refractivity contribution in [2.75, 3.05) is 44.3 Å². The summed E-state index contributed by atoms with van der Waals surface area (Å²) in [6.07, 6.45) is 0.645. The molecule has 4 aromatic rings. The first kappa shape index (κ1) is 27.2. The van der Waals surface area contributed by atoms with Crippen LogP contribution in [-0.2, 0) is 17.8 Å². The third-order valence-electron chi connectivity index (χ3n) is 8.41. The number of hydrogen-bond donors (Lipinski definition) is 0. The van der Waals surface area contributed by atoms with Gasteiger partial charge in [-0.2, -0.15) is 0 Å². The number of piperazine rings is 1. The SMILES string of the molecule is CC(=O)c1ccc2nc(CN3CCN(c4cccc5c4O[C@H](c4ccc(Cl)cc4F)CO5)CC3)n(C[C@@H]3CCO3)c2c1. The van der Waals surface area contributed by atoms with E-state index in [9.17, 15) is 9.18 Å². The number of ether oxygens (including phenoxy) is 3. The lowest BCUT2D eigenvalue weighted by atomic mass is 10.1. The third-order valence-corrected chi connectivity index (χ3v) is 8.64. The zero-order chi connectivity index (χ0) is 28.8. The van der Waals surface area contributed by atoms with Gasteiger partial charge in [0, 0.05) is 48.9 Å². The van der Waals surface area contributed by atoms with Gasteiger partial charge in [-0.3, -0.25) is 9.69 Å². The molecule has 0 spiro atoms. The minimum absolute atomic E-state index is 0.0457.